The zero-order chi connectivity index (χ0) is 19.0. The van der Waals surface area contributed by atoms with E-state index in [0.29, 0.717) is 24.2 Å². The van der Waals surface area contributed by atoms with Crippen molar-refractivity contribution in [2.75, 3.05) is 33.0 Å². The van der Waals surface area contributed by atoms with Crippen LogP contribution in [0.25, 0.3) is 0 Å². The van der Waals surface area contributed by atoms with Crippen LogP contribution in [0, 0.1) is 0 Å². The fraction of sp³-hybridized carbons (Fsp3) is 0.579. The average molecular weight is 413 g/mol. The molecule has 3 heterocycles. The van der Waals surface area contributed by atoms with Crippen molar-refractivity contribution in [1.82, 2.24) is 9.80 Å². The Bertz CT molecular complexity index is 686. The summed E-state index contributed by atoms with van der Waals surface area (Å²) in [5.41, 5.74) is 0.618. The normalized spacial score (nSPS) is 25.1. The number of carbonyl (C=O) groups is 2. The molecule has 0 N–H and O–H groups in total. The standard InChI is InChI=1S/C19H22Cl2N2O4/c20-16-7-14-15(8-17(16)21)19(25)23(18(14)24)11-22(9-12-3-1-5-26-12)10-13-4-2-6-27-13/h7-8,12-13H,1-6,9-11H2/t12-,13+. The van der Waals surface area contributed by atoms with Gasteiger partial charge in [0.2, 0.25) is 0 Å². The van der Waals surface area contributed by atoms with Gasteiger partial charge >= 0.3 is 0 Å². The highest BCUT2D eigenvalue weighted by atomic mass is 35.5. The molecule has 3 aliphatic heterocycles. The van der Waals surface area contributed by atoms with Crippen LogP contribution in [-0.2, 0) is 9.47 Å². The van der Waals surface area contributed by atoms with Crippen molar-refractivity contribution in [2.45, 2.75) is 37.9 Å². The molecule has 8 heteroatoms. The Hall–Kier alpha value is -1.18. The number of ether oxygens (including phenoxy) is 2. The van der Waals surface area contributed by atoms with Gasteiger partial charge in [-0.05, 0) is 37.8 Å². The minimum atomic E-state index is -0.335. The third-order valence-electron chi connectivity index (χ3n) is 5.32. The van der Waals surface area contributed by atoms with Crippen molar-refractivity contribution in [3.05, 3.63) is 33.3 Å². The van der Waals surface area contributed by atoms with Gasteiger partial charge < -0.3 is 9.47 Å². The molecule has 6 nitrogen and oxygen atoms in total. The summed E-state index contributed by atoms with van der Waals surface area (Å²) in [5, 5.41) is 0.544. The average Bonchev–Trinajstić information content (AvgIpc) is 3.37. The predicted octanol–water partition coefficient (Wildman–Crippen LogP) is 3.21. The minimum absolute atomic E-state index is 0.130. The van der Waals surface area contributed by atoms with E-state index in [1.54, 1.807) is 0 Å². The lowest BCUT2D eigenvalue weighted by Gasteiger charge is -2.30. The second kappa shape index (κ2) is 8.05. The van der Waals surface area contributed by atoms with Gasteiger partial charge in [0, 0.05) is 26.3 Å². The summed E-state index contributed by atoms with van der Waals surface area (Å²) in [5.74, 6) is -0.670. The molecule has 2 amide bonds. The van der Waals surface area contributed by atoms with Crippen molar-refractivity contribution in [3.8, 4) is 0 Å². The highest BCUT2D eigenvalue weighted by Crippen LogP contribution is 2.31. The molecule has 2 atom stereocenters. The van der Waals surface area contributed by atoms with E-state index < -0.39 is 0 Å². The first-order valence-electron chi connectivity index (χ1n) is 9.33. The zero-order valence-electron chi connectivity index (χ0n) is 15.0. The maximum Gasteiger partial charge on any atom is 0.262 e. The number of rotatable bonds is 6. The highest BCUT2D eigenvalue weighted by molar-refractivity contribution is 6.43. The van der Waals surface area contributed by atoms with Crippen LogP contribution in [0.4, 0.5) is 0 Å². The number of imide groups is 1. The highest BCUT2D eigenvalue weighted by Gasteiger charge is 2.38. The topological polar surface area (TPSA) is 59.1 Å². The van der Waals surface area contributed by atoms with Crippen LogP contribution in [-0.4, -0.2) is 66.8 Å². The first-order valence-corrected chi connectivity index (χ1v) is 10.1. The number of carbonyl (C=O) groups excluding carboxylic acids is 2. The Morgan fingerprint density at radius 1 is 0.926 bits per heavy atom. The van der Waals surface area contributed by atoms with E-state index in [-0.39, 0.29) is 40.7 Å². The molecule has 0 aromatic heterocycles. The van der Waals surface area contributed by atoms with Gasteiger partial charge in [0.1, 0.15) is 0 Å². The van der Waals surface area contributed by atoms with E-state index in [1.165, 1.54) is 17.0 Å². The number of fused-ring (bicyclic) bond motifs is 1. The van der Waals surface area contributed by atoms with Crippen molar-refractivity contribution in [1.29, 1.82) is 0 Å². The molecule has 2 saturated heterocycles. The summed E-state index contributed by atoms with van der Waals surface area (Å²) >= 11 is 12.1. The predicted molar refractivity (Wildman–Crippen MR) is 101 cm³/mol. The molecular formula is C19H22Cl2N2O4. The minimum Gasteiger partial charge on any atom is -0.377 e. The molecule has 1 aromatic carbocycles. The van der Waals surface area contributed by atoms with Gasteiger partial charge in [-0.3, -0.25) is 19.4 Å². The molecular weight excluding hydrogens is 391 g/mol. The maximum atomic E-state index is 12.8. The molecule has 0 spiro atoms. The quantitative estimate of drug-likeness (QED) is 0.671. The van der Waals surface area contributed by atoms with Crippen LogP contribution < -0.4 is 0 Å². The number of amides is 2. The molecule has 27 heavy (non-hydrogen) atoms. The van der Waals surface area contributed by atoms with Crippen LogP contribution in [0.3, 0.4) is 0 Å². The second-order valence-corrected chi connectivity index (χ2v) is 8.11. The van der Waals surface area contributed by atoms with E-state index in [9.17, 15) is 9.59 Å². The summed E-state index contributed by atoms with van der Waals surface area (Å²) in [6.45, 7) is 3.09. The van der Waals surface area contributed by atoms with Gasteiger partial charge in [0.05, 0.1) is 40.0 Å². The number of halogens is 2. The molecule has 4 rings (SSSR count). The Morgan fingerprint density at radius 3 is 1.81 bits per heavy atom. The number of hydrogen-bond donors (Lipinski definition) is 0. The molecule has 0 unspecified atom stereocenters. The number of benzene rings is 1. The Morgan fingerprint density at radius 2 is 1.41 bits per heavy atom. The monoisotopic (exact) mass is 412 g/mol. The largest absolute Gasteiger partial charge is 0.377 e. The van der Waals surface area contributed by atoms with Gasteiger partial charge in [-0.25, -0.2) is 0 Å². The Balaban J connectivity index is 1.51. The SMILES string of the molecule is O=C1c2cc(Cl)c(Cl)cc2C(=O)N1CN(C[C@H]1CCCO1)C[C@@H]1CCCO1. The Labute approximate surface area is 168 Å². The van der Waals surface area contributed by atoms with Crippen molar-refractivity contribution in [3.63, 3.8) is 0 Å². The van der Waals surface area contributed by atoms with E-state index >= 15 is 0 Å². The van der Waals surface area contributed by atoms with Crippen LogP contribution >= 0.6 is 23.2 Å². The lowest BCUT2D eigenvalue weighted by Crippen LogP contribution is -2.46. The molecule has 1 aromatic rings. The molecule has 0 radical (unpaired) electrons. The second-order valence-electron chi connectivity index (χ2n) is 7.30. The number of nitrogens with zero attached hydrogens (tertiary/aromatic N) is 2. The molecule has 146 valence electrons. The summed E-state index contributed by atoms with van der Waals surface area (Å²) in [7, 11) is 0. The smallest absolute Gasteiger partial charge is 0.262 e. The van der Waals surface area contributed by atoms with Gasteiger partial charge in [-0.1, -0.05) is 23.2 Å². The third kappa shape index (κ3) is 4.00. The van der Waals surface area contributed by atoms with E-state index in [0.717, 1.165) is 38.9 Å². The lowest BCUT2D eigenvalue weighted by atomic mass is 10.1. The van der Waals surface area contributed by atoms with Gasteiger partial charge in [-0.2, -0.15) is 0 Å². The summed E-state index contributed by atoms with van der Waals surface area (Å²) in [4.78, 5) is 28.9. The van der Waals surface area contributed by atoms with Crippen molar-refractivity contribution < 1.29 is 19.1 Å². The summed E-state index contributed by atoms with van der Waals surface area (Å²) in [6.07, 6.45) is 4.34. The molecule has 0 bridgehead atoms. The van der Waals surface area contributed by atoms with E-state index in [1.807, 2.05) is 0 Å². The summed E-state index contributed by atoms with van der Waals surface area (Å²) < 4.78 is 11.5. The van der Waals surface area contributed by atoms with Crippen LogP contribution in [0.2, 0.25) is 10.0 Å². The van der Waals surface area contributed by atoms with E-state index in [4.69, 9.17) is 32.7 Å². The van der Waals surface area contributed by atoms with Crippen LogP contribution in [0.1, 0.15) is 46.4 Å². The fourth-order valence-corrected chi connectivity index (χ4v) is 4.28. The van der Waals surface area contributed by atoms with Gasteiger partial charge in [0.25, 0.3) is 11.8 Å². The van der Waals surface area contributed by atoms with Crippen molar-refractivity contribution >= 4 is 35.0 Å². The Kier molecular flexibility index (Phi) is 5.71. The van der Waals surface area contributed by atoms with Crippen LogP contribution in [0.15, 0.2) is 12.1 Å². The maximum absolute atomic E-state index is 12.8. The van der Waals surface area contributed by atoms with Crippen LogP contribution in [0.5, 0.6) is 0 Å². The van der Waals surface area contributed by atoms with E-state index in [2.05, 4.69) is 4.90 Å². The first-order chi connectivity index (χ1) is 13.0. The third-order valence-corrected chi connectivity index (χ3v) is 6.05. The van der Waals surface area contributed by atoms with Gasteiger partial charge in [-0.15, -0.1) is 0 Å². The number of hydrogen-bond acceptors (Lipinski definition) is 5. The molecule has 3 aliphatic rings. The lowest BCUT2D eigenvalue weighted by molar-refractivity contribution is 0.0149. The molecule has 0 aliphatic carbocycles. The molecule has 0 saturated carbocycles. The fourth-order valence-electron chi connectivity index (χ4n) is 3.95. The first kappa shape index (κ1) is 19.2. The summed E-state index contributed by atoms with van der Waals surface area (Å²) in [6, 6.07) is 2.95. The zero-order valence-corrected chi connectivity index (χ0v) is 16.5. The van der Waals surface area contributed by atoms with Crippen molar-refractivity contribution in [2.24, 2.45) is 0 Å². The van der Waals surface area contributed by atoms with Gasteiger partial charge in [0.15, 0.2) is 0 Å². The molecule has 2 fully saturated rings.